The molecule has 182 valence electrons. The van der Waals surface area contributed by atoms with E-state index in [9.17, 15) is 5.11 Å². The Hall–Kier alpha value is -3.25. The number of hydrogen-bond donors (Lipinski definition) is 2. The maximum atomic E-state index is 10.4. The molecule has 6 heteroatoms. The Morgan fingerprint density at radius 2 is 2.00 bits per heavy atom. The third-order valence-electron chi connectivity index (χ3n) is 5.55. The van der Waals surface area contributed by atoms with Gasteiger partial charge in [-0.05, 0) is 43.4 Å². The normalized spacial score (nSPS) is 18.4. The van der Waals surface area contributed by atoms with E-state index in [1.807, 2.05) is 76.4 Å². The molecule has 0 radical (unpaired) electrons. The quantitative estimate of drug-likeness (QED) is 0.390. The van der Waals surface area contributed by atoms with Crippen LogP contribution in [0, 0.1) is 0 Å². The SMILES string of the molecule is C=C/C(=C\N(C)C)c1cccc(-c2ncc(/C(C=NC)=C/C)c(NC3CCCC3O)n2)c1.CC. The molecule has 1 aliphatic carbocycles. The molecule has 1 saturated carbocycles. The molecular formula is C28H39N5O. The second kappa shape index (κ2) is 13.5. The van der Waals surface area contributed by atoms with Crippen molar-refractivity contribution in [2.24, 2.45) is 4.99 Å². The zero-order valence-electron chi connectivity index (χ0n) is 21.4. The Kier molecular flexibility index (Phi) is 10.7. The Morgan fingerprint density at radius 1 is 1.24 bits per heavy atom. The van der Waals surface area contributed by atoms with Gasteiger partial charge in [-0.1, -0.05) is 50.8 Å². The number of hydrogen-bond acceptors (Lipinski definition) is 6. The van der Waals surface area contributed by atoms with Crippen LogP contribution in [0.1, 0.15) is 51.2 Å². The van der Waals surface area contributed by atoms with Crippen molar-refractivity contribution in [2.75, 3.05) is 26.5 Å². The number of rotatable bonds is 8. The minimum Gasteiger partial charge on any atom is -0.391 e. The molecular weight excluding hydrogens is 422 g/mol. The lowest BCUT2D eigenvalue weighted by molar-refractivity contribution is 0.171. The summed E-state index contributed by atoms with van der Waals surface area (Å²) in [5, 5.41) is 13.8. The molecule has 2 atom stereocenters. The highest BCUT2D eigenvalue weighted by atomic mass is 16.3. The van der Waals surface area contributed by atoms with Crippen LogP contribution in [-0.2, 0) is 0 Å². The van der Waals surface area contributed by atoms with Crippen LogP contribution in [-0.4, -0.2) is 59.5 Å². The van der Waals surface area contributed by atoms with Crippen molar-refractivity contribution in [3.8, 4) is 11.4 Å². The third kappa shape index (κ3) is 6.87. The van der Waals surface area contributed by atoms with Gasteiger partial charge >= 0.3 is 0 Å². The molecule has 1 aromatic carbocycles. The molecule has 1 heterocycles. The number of aliphatic imine (C=N–C) groups is 1. The number of aromatic nitrogens is 2. The number of aliphatic hydroxyl groups excluding tert-OH is 1. The van der Waals surface area contributed by atoms with Gasteiger partial charge in [0.25, 0.3) is 0 Å². The number of allylic oxidation sites excluding steroid dienone is 4. The lowest BCUT2D eigenvalue weighted by atomic mass is 10.0. The first-order valence-electron chi connectivity index (χ1n) is 12.0. The summed E-state index contributed by atoms with van der Waals surface area (Å²) in [7, 11) is 5.72. The molecule has 0 bridgehead atoms. The molecule has 3 rings (SSSR count). The van der Waals surface area contributed by atoms with Gasteiger partial charge in [-0.25, -0.2) is 9.97 Å². The molecule has 0 amide bonds. The molecule has 0 saturated heterocycles. The fourth-order valence-corrected chi connectivity index (χ4v) is 3.93. The smallest absolute Gasteiger partial charge is 0.161 e. The minimum atomic E-state index is -0.371. The summed E-state index contributed by atoms with van der Waals surface area (Å²) >= 11 is 0. The van der Waals surface area contributed by atoms with Gasteiger partial charge in [-0.15, -0.1) is 0 Å². The average molecular weight is 462 g/mol. The van der Waals surface area contributed by atoms with E-state index in [1.54, 1.807) is 13.3 Å². The standard InChI is InChI=1S/C26H33N5O.C2H6/c1-6-18(15-27-3)22-16-28-25(30-26(22)29-23-12-9-13-24(23)32)21-11-8-10-20(14-21)19(7-2)17-31(4)5;1-2/h6-8,10-11,14-17,23-24,32H,2,9,12-13H2,1,3-5H3,(H,28,29,30);1-2H3/b18-6+,19-17+,27-15?;. The van der Waals surface area contributed by atoms with Gasteiger partial charge in [0, 0.05) is 56.5 Å². The Bertz CT molecular complexity index is 1040. The van der Waals surface area contributed by atoms with E-state index in [0.717, 1.165) is 47.1 Å². The molecule has 2 aromatic rings. The number of benzene rings is 1. The van der Waals surface area contributed by atoms with Crippen LogP contribution in [0.5, 0.6) is 0 Å². The zero-order valence-corrected chi connectivity index (χ0v) is 21.4. The predicted octanol–water partition coefficient (Wildman–Crippen LogP) is 5.69. The molecule has 1 aliphatic rings. The molecule has 0 spiro atoms. The first kappa shape index (κ1) is 27.0. The highest BCUT2D eigenvalue weighted by Gasteiger charge is 2.26. The first-order valence-corrected chi connectivity index (χ1v) is 12.0. The van der Waals surface area contributed by atoms with Crippen LogP contribution in [0.3, 0.4) is 0 Å². The largest absolute Gasteiger partial charge is 0.391 e. The lowest BCUT2D eigenvalue weighted by Crippen LogP contribution is -2.29. The monoisotopic (exact) mass is 461 g/mol. The summed E-state index contributed by atoms with van der Waals surface area (Å²) < 4.78 is 0. The van der Waals surface area contributed by atoms with E-state index in [2.05, 4.69) is 34.0 Å². The molecule has 6 nitrogen and oxygen atoms in total. The average Bonchev–Trinajstić information content (AvgIpc) is 3.26. The summed E-state index contributed by atoms with van der Waals surface area (Å²) in [5.41, 5.74) is 4.80. The predicted molar refractivity (Wildman–Crippen MR) is 146 cm³/mol. The van der Waals surface area contributed by atoms with Crippen LogP contribution >= 0.6 is 0 Å². The second-order valence-electron chi connectivity index (χ2n) is 8.17. The van der Waals surface area contributed by atoms with Crippen LogP contribution < -0.4 is 5.32 Å². The number of nitrogens with one attached hydrogen (secondary N) is 1. The Balaban J connectivity index is 0.00000199. The molecule has 1 aromatic heterocycles. The third-order valence-corrected chi connectivity index (χ3v) is 5.55. The van der Waals surface area contributed by atoms with Crippen LogP contribution in [0.4, 0.5) is 5.82 Å². The van der Waals surface area contributed by atoms with Crippen molar-refractivity contribution < 1.29 is 5.11 Å². The van der Waals surface area contributed by atoms with E-state index in [4.69, 9.17) is 4.98 Å². The van der Waals surface area contributed by atoms with Crippen molar-refractivity contribution in [1.29, 1.82) is 0 Å². The maximum Gasteiger partial charge on any atom is 0.161 e. The Morgan fingerprint density at radius 3 is 2.59 bits per heavy atom. The van der Waals surface area contributed by atoms with E-state index >= 15 is 0 Å². The summed E-state index contributed by atoms with van der Waals surface area (Å²) in [6.45, 7) is 9.92. The van der Waals surface area contributed by atoms with Crippen LogP contribution in [0.25, 0.3) is 22.5 Å². The number of nitrogens with zero attached hydrogens (tertiary/aromatic N) is 4. The van der Waals surface area contributed by atoms with Crippen molar-refractivity contribution in [2.45, 2.75) is 52.2 Å². The van der Waals surface area contributed by atoms with Gasteiger partial charge in [-0.2, -0.15) is 0 Å². The van der Waals surface area contributed by atoms with E-state index < -0.39 is 0 Å². The van der Waals surface area contributed by atoms with Gasteiger partial charge in [0.2, 0.25) is 0 Å². The summed E-state index contributed by atoms with van der Waals surface area (Å²) in [6.07, 6.45) is 11.9. The highest BCUT2D eigenvalue weighted by Crippen LogP contribution is 2.29. The van der Waals surface area contributed by atoms with Crippen LogP contribution in [0.2, 0.25) is 0 Å². The minimum absolute atomic E-state index is 0.0186. The molecule has 1 fully saturated rings. The summed E-state index contributed by atoms with van der Waals surface area (Å²) in [4.78, 5) is 15.7. The summed E-state index contributed by atoms with van der Waals surface area (Å²) in [5.74, 6) is 1.34. The van der Waals surface area contributed by atoms with E-state index in [-0.39, 0.29) is 12.1 Å². The number of anilines is 1. The van der Waals surface area contributed by atoms with E-state index in [1.165, 1.54) is 0 Å². The Labute approximate surface area is 204 Å². The van der Waals surface area contributed by atoms with Crippen LogP contribution in [0.15, 0.2) is 60.4 Å². The van der Waals surface area contributed by atoms with Gasteiger partial charge in [0.1, 0.15) is 5.82 Å². The van der Waals surface area contributed by atoms with Crippen molar-refractivity contribution in [3.63, 3.8) is 0 Å². The van der Waals surface area contributed by atoms with Crippen molar-refractivity contribution >= 4 is 23.2 Å². The zero-order chi connectivity index (χ0) is 25.1. The second-order valence-corrected chi connectivity index (χ2v) is 8.17. The van der Waals surface area contributed by atoms with E-state index in [0.29, 0.717) is 11.6 Å². The number of aliphatic hydroxyl groups is 1. The van der Waals surface area contributed by atoms with Crippen molar-refractivity contribution in [3.05, 3.63) is 66.5 Å². The molecule has 34 heavy (non-hydrogen) atoms. The molecule has 0 aliphatic heterocycles. The fraction of sp³-hybridized carbons (Fsp3) is 0.393. The molecule has 2 N–H and O–H groups in total. The highest BCUT2D eigenvalue weighted by molar-refractivity contribution is 6.11. The summed E-state index contributed by atoms with van der Waals surface area (Å²) in [6, 6.07) is 8.12. The van der Waals surface area contributed by atoms with Gasteiger partial charge in [0.15, 0.2) is 5.82 Å². The van der Waals surface area contributed by atoms with Gasteiger partial charge in [0.05, 0.1) is 12.1 Å². The van der Waals surface area contributed by atoms with Gasteiger partial charge < -0.3 is 15.3 Å². The maximum absolute atomic E-state index is 10.4. The topological polar surface area (TPSA) is 73.6 Å². The fourth-order valence-electron chi connectivity index (χ4n) is 3.93. The van der Waals surface area contributed by atoms with Crippen molar-refractivity contribution in [1.82, 2.24) is 14.9 Å². The molecule has 2 unspecified atom stereocenters. The van der Waals surface area contributed by atoms with Gasteiger partial charge in [-0.3, -0.25) is 4.99 Å². The lowest BCUT2D eigenvalue weighted by Gasteiger charge is -2.20. The first-order chi connectivity index (χ1) is 16.5.